The normalized spacial score (nSPS) is 17.0. The molecule has 2 rings (SSSR count). The summed E-state index contributed by atoms with van der Waals surface area (Å²) in [5.41, 5.74) is 1.44. The average Bonchev–Trinajstić information content (AvgIpc) is 2.77. The van der Waals surface area contributed by atoms with Crippen molar-refractivity contribution in [2.45, 2.75) is 45.9 Å². The Labute approximate surface area is 130 Å². The Morgan fingerprint density at radius 2 is 2.14 bits per heavy atom. The smallest absolute Gasteiger partial charge is 0.238 e. The lowest BCUT2D eigenvalue weighted by Gasteiger charge is -2.19. The summed E-state index contributed by atoms with van der Waals surface area (Å²) in [6.07, 6.45) is 0.686. The summed E-state index contributed by atoms with van der Waals surface area (Å²) in [6.45, 7) is 4.93. The lowest BCUT2D eigenvalue weighted by Crippen LogP contribution is -2.35. The molecule has 1 N–H and O–H groups in total. The molecule has 0 fully saturated rings. The maximum atomic E-state index is 12.2. The summed E-state index contributed by atoms with van der Waals surface area (Å²) in [7, 11) is -3.32. The highest BCUT2D eigenvalue weighted by Gasteiger charge is 2.24. The molecule has 1 aromatic heterocycles. The first kappa shape index (κ1) is 17.0. The van der Waals surface area contributed by atoms with Gasteiger partial charge >= 0.3 is 0 Å². The zero-order valence-corrected chi connectivity index (χ0v) is 13.8. The first-order valence-electron chi connectivity index (χ1n) is 7.59. The number of amides is 1. The Morgan fingerprint density at radius 3 is 2.77 bits per heavy atom. The molecular formula is C14H23N3O4S. The van der Waals surface area contributed by atoms with Gasteiger partial charge in [0.05, 0.1) is 24.0 Å². The molecule has 1 aromatic rings. The molecule has 124 valence electrons. The van der Waals surface area contributed by atoms with Crippen LogP contribution in [-0.2, 0) is 27.7 Å². The van der Waals surface area contributed by atoms with Crippen LogP contribution in [0.2, 0.25) is 0 Å². The fourth-order valence-electron chi connectivity index (χ4n) is 2.45. The molecule has 0 saturated carbocycles. The van der Waals surface area contributed by atoms with Crippen molar-refractivity contribution < 1.29 is 18.3 Å². The van der Waals surface area contributed by atoms with E-state index < -0.39 is 21.7 Å². The van der Waals surface area contributed by atoms with Gasteiger partial charge in [0.25, 0.3) is 0 Å². The molecule has 1 unspecified atom stereocenters. The van der Waals surface area contributed by atoms with Crippen LogP contribution in [0, 0.1) is 0 Å². The van der Waals surface area contributed by atoms with Crippen LogP contribution in [0.1, 0.15) is 44.2 Å². The molecule has 0 radical (unpaired) electrons. The number of aliphatic hydroxyl groups is 1. The maximum absolute atomic E-state index is 12.2. The van der Waals surface area contributed by atoms with Crippen molar-refractivity contribution in [3.05, 3.63) is 17.5 Å². The lowest BCUT2D eigenvalue weighted by molar-refractivity contribution is -0.129. The van der Waals surface area contributed by atoms with E-state index in [1.165, 1.54) is 0 Å². The van der Waals surface area contributed by atoms with Crippen LogP contribution in [0.5, 0.6) is 0 Å². The largest absolute Gasteiger partial charge is 0.387 e. The van der Waals surface area contributed by atoms with E-state index in [1.807, 2.05) is 6.92 Å². The van der Waals surface area contributed by atoms with Crippen molar-refractivity contribution >= 4 is 15.7 Å². The van der Waals surface area contributed by atoms with Crippen LogP contribution in [0.3, 0.4) is 0 Å². The highest BCUT2D eigenvalue weighted by Crippen LogP contribution is 2.20. The van der Waals surface area contributed by atoms with E-state index in [0.717, 1.165) is 5.69 Å². The highest BCUT2D eigenvalue weighted by atomic mass is 32.2. The van der Waals surface area contributed by atoms with Crippen LogP contribution >= 0.6 is 0 Å². The maximum Gasteiger partial charge on any atom is 0.238 e. The number of hydrogen-bond donors (Lipinski definition) is 1. The van der Waals surface area contributed by atoms with Gasteiger partial charge in [-0.1, -0.05) is 13.8 Å². The van der Waals surface area contributed by atoms with Gasteiger partial charge in [0, 0.05) is 18.8 Å². The Hall–Kier alpha value is -1.41. The van der Waals surface area contributed by atoms with Gasteiger partial charge in [0.2, 0.25) is 5.91 Å². The van der Waals surface area contributed by atoms with Gasteiger partial charge in [0.1, 0.15) is 5.75 Å². The second kappa shape index (κ2) is 6.78. The third kappa shape index (κ3) is 3.86. The molecule has 8 heteroatoms. The molecule has 0 aromatic carbocycles. The van der Waals surface area contributed by atoms with E-state index in [1.54, 1.807) is 22.6 Å². The SMILES string of the molecule is CCC(O)c1cc2n(n1)CCCN(C(=O)CS(=O)(=O)CC)C2. The highest BCUT2D eigenvalue weighted by molar-refractivity contribution is 7.92. The molecule has 22 heavy (non-hydrogen) atoms. The third-order valence-corrected chi connectivity index (χ3v) is 5.46. The van der Waals surface area contributed by atoms with Crippen molar-refractivity contribution in [3.8, 4) is 0 Å². The first-order valence-corrected chi connectivity index (χ1v) is 9.41. The van der Waals surface area contributed by atoms with Gasteiger partial charge in [-0.2, -0.15) is 5.10 Å². The van der Waals surface area contributed by atoms with Crippen molar-refractivity contribution in [2.75, 3.05) is 18.1 Å². The second-order valence-electron chi connectivity index (χ2n) is 5.55. The second-order valence-corrected chi connectivity index (χ2v) is 7.91. The molecule has 7 nitrogen and oxygen atoms in total. The number of carbonyl (C=O) groups is 1. The molecule has 0 saturated heterocycles. The molecule has 0 aliphatic carbocycles. The molecule has 1 amide bonds. The van der Waals surface area contributed by atoms with E-state index in [0.29, 0.717) is 38.2 Å². The third-order valence-electron chi connectivity index (χ3n) is 3.90. The Morgan fingerprint density at radius 1 is 1.41 bits per heavy atom. The summed E-state index contributed by atoms with van der Waals surface area (Å²) in [5, 5.41) is 14.2. The van der Waals surface area contributed by atoms with Crippen molar-refractivity contribution in [3.63, 3.8) is 0 Å². The number of aromatic nitrogens is 2. The van der Waals surface area contributed by atoms with E-state index in [-0.39, 0.29) is 11.7 Å². The van der Waals surface area contributed by atoms with E-state index in [2.05, 4.69) is 5.10 Å². The number of sulfone groups is 1. The fourth-order valence-corrected chi connectivity index (χ4v) is 3.21. The average molecular weight is 329 g/mol. The minimum Gasteiger partial charge on any atom is -0.387 e. The molecule has 1 aliphatic rings. The Bertz CT molecular complexity index is 639. The number of rotatable bonds is 5. The minimum absolute atomic E-state index is 0.0304. The van der Waals surface area contributed by atoms with Crippen molar-refractivity contribution in [1.29, 1.82) is 0 Å². The summed E-state index contributed by atoms with van der Waals surface area (Å²) in [5.74, 6) is -0.839. The number of aryl methyl sites for hydroxylation is 1. The number of aliphatic hydroxyl groups excluding tert-OH is 1. The summed E-state index contributed by atoms with van der Waals surface area (Å²) in [4.78, 5) is 13.8. The summed E-state index contributed by atoms with van der Waals surface area (Å²) in [6, 6.07) is 1.80. The van der Waals surface area contributed by atoms with E-state index in [9.17, 15) is 18.3 Å². The van der Waals surface area contributed by atoms with Crippen molar-refractivity contribution in [1.82, 2.24) is 14.7 Å². The quantitative estimate of drug-likeness (QED) is 0.849. The van der Waals surface area contributed by atoms with E-state index in [4.69, 9.17) is 0 Å². The Kier molecular flexibility index (Phi) is 5.23. The van der Waals surface area contributed by atoms with E-state index >= 15 is 0 Å². The predicted octanol–water partition coefficient (Wildman–Crippen LogP) is 0.494. The number of fused-ring (bicyclic) bond motifs is 1. The summed E-state index contributed by atoms with van der Waals surface area (Å²) < 4.78 is 25.0. The van der Waals surface area contributed by atoms with Gasteiger partial charge in [-0.25, -0.2) is 8.42 Å². The van der Waals surface area contributed by atoms with Gasteiger partial charge < -0.3 is 10.0 Å². The number of hydrogen-bond acceptors (Lipinski definition) is 5. The number of nitrogens with zero attached hydrogens (tertiary/aromatic N) is 3. The Balaban J connectivity index is 2.14. The van der Waals surface area contributed by atoms with Gasteiger partial charge in [0.15, 0.2) is 9.84 Å². The van der Waals surface area contributed by atoms with Gasteiger partial charge in [-0.05, 0) is 18.9 Å². The molecule has 1 atom stereocenters. The van der Waals surface area contributed by atoms with Crippen LogP contribution < -0.4 is 0 Å². The van der Waals surface area contributed by atoms with Gasteiger partial charge in [-0.3, -0.25) is 9.48 Å². The van der Waals surface area contributed by atoms with Crippen LogP contribution in [-0.4, -0.2) is 52.2 Å². The lowest BCUT2D eigenvalue weighted by atomic mass is 10.2. The topological polar surface area (TPSA) is 92.5 Å². The first-order chi connectivity index (χ1) is 10.4. The minimum atomic E-state index is -3.32. The summed E-state index contributed by atoms with van der Waals surface area (Å²) >= 11 is 0. The van der Waals surface area contributed by atoms with Gasteiger partial charge in [-0.15, -0.1) is 0 Å². The molecule has 0 spiro atoms. The molecule has 1 aliphatic heterocycles. The van der Waals surface area contributed by atoms with Crippen LogP contribution in [0.4, 0.5) is 0 Å². The molecule has 0 bridgehead atoms. The zero-order valence-electron chi connectivity index (χ0n) is 13.0. The number of carbonyl (C=O) groups excluding carboxylic acids is 1. The van der Waals surface area contributed by atoms with Crippen molar-refractivity contribution in [2.24, 2.45) is 0 Å². The molecular weight excluding hydrogens is 306 g/mol. The standard InChI is InChI=1S/C14H23N3O4S/c1-3-13(18)12-8-11-9-16(6-5-7-17(11)15-12)14(19)10-22(20,21)4-2/h8,13,18H,3-7,9-10H2,1-2H3. The zero-order chi connectivity index (χ0) is 16.3. The fraction of sp³-hybridized carbons (Fsp3) is 0.714. The van der Waals surface area contributed by atoms with Crippen LogP contribution in [0.25, 0.3) is 0 Å². The monoisotopic (exact) mass is 329 g/mol. The molecule has 2 heterocycles. The predicted molar refractivity (Wildman–Crippen MR) is 81.8 cm³/mol. The van der Waals surface area contributed by atoms with Crippen LogP contribution in [0.15, 0.2) is 6.07 Å².